The third-order valence-corrected chi connectivity index (χ3v) is 3.49. The molecule has 1 rings (SSSR count). The Bertz CT molecular complexity index is 392. The van der Waals surface area contributed by atoms with E-state index in [0.29, 0.717) is 0 Å². The van der Waals surface area contributed by atoms with Crippen molar-refractivity contribution in [1.82, 2.24) is 5.48 Å². The van der Waals surface area contributed by atoms with E-state index in [-0.39, 0.29) is 31.0 Å². The van der Waals surface area contributed by atoms with Gasteiger partial charge in [-0.1, -0.05) is 31.1 Å². The first-order valence-corrected chi connectivity index (χ1v) is 7.20. The van der Waals surface area contributed by atoms with Crippen molar-refractivity contribution < 1.29 is 24.3 Å². The van der Waals surface area contributed by atoms with Crippen molar-refractivity contribution in [3.8, 4) is 0 Å². The maximum Gasteiger partial charge on any atom is 0.431 e. The molecular formula is C15H23NO5. The number of nitrogens with one attached hydrogen (secondary N) is 1. The molecule has 0 aromatic rings. The lowest BCUT2D eigenvalue weighted by Crippen LogP contribution is -2.33. The van der Waals surface area contributed by atoms with E-state index in [4.69, 9.17) is 14.7 Å². The van der Waals surface area contributed by atoms with Crippen molar-refractivity contribution in [2.75, 3.05) is 13.2 Å². The van der Waals surface area contributed by atoms with Gasteiger partial charge in [0, 0.05) is 5.92 Å². The molecule has 1 saturated carbocycles. The number of allylic oxidation sites excluding steroid dienone is 3. The number of hydroxylamine groups is 1. The topological polar surface area (TPSA) is 84.9 Å². The van der Waals surface area contributed by atoms with Crippen LogP contribution in [0, 0.1) is 11.8 Å². The van der Waals surface area contributed by atoms with Crippen LogP contribution in [0.4, 0.5) is 4.79 Å². The molecule has 0 aromatic heterocycles. The minimum atomic E-state index is -0.901. The molecule has 0 aromatic carbocycles. The van der Waals surface area contributed by atoms with Gasteiger partial charge in [-0.25, -0.2) is 10.3 Å². The van der Waals surface area contributed by atoms with E-state index in [2.05, 4.69) is 0 Å². The molecule has 2 N–H and O–H groups in total. The highest BCUT2D eigenvalue weighted by molar-refractivity contribution is 5.73. The summed E-state index contributed by atoms with van der Waals surface area (Å²) < 4.78 is 10.1. The first-order valence-electron chi connectivity index (χ1n) is 7.20. The lowest BCUT2D eigenvalue weighted by molar-refractivity contribution is -0.151. The second-order valence-electron chi connectivity index (χ2n) is 4.95. The van der Waals surface area contributed by atoms with Gasteiger partial charge in [0.15, 0.2) is 0 Å². The smallest absolute Gasteiger partial charge is 0.431 e. The standard InChI is InChI=1S/C15H23NO5/c1-2-3-4-7-10-20-14(17)13-9-6-5-8-12(13)11-21-15(18)16-19/h2-4,7,12-13,19H,5-6,8-11H2,1H3,(H,16,18)/b3-2+,7-4+/t12-,13+/m0/s1. The summed E-state index contributed by atoms with van der Waals surface area (Å²) in [5, 5.41) is 8.40. The van der Waals surface area contributed by atoms with Crippen molar-refractivity contribution in [3.63, 3.8) is 0 Å². The number of hydrogen-bond acceptors (Lipinski definition) is 5. The maximum absolute atomic E-state index is 12.1. The monoisotopic (exact) mass is 297 g/mol. The summed E-state index contributed by atoms with van der Waals surface area (Å²) in [5.41, 5.74) is 1.41. The molecule has 1 aliphatic carbocycles. The van der Waals surface area contributed by atoms with Crippen LogP contribution < -0.4 is 5.48 Å². The second-order valence-corrected chi connectivity index (χ2v) is 4.95. The third kappa shape index (κ3) is 6.44. The molecule has 0 heterocycles. The molecule has 0 radical (unpaired) electrons. The predicted molar refractivity (Wildman–Crippen MR) is 76.6 cm³/mol. The summed E-state index contributed by atoms with van der Waals surface area (Å²) in [4.78, 5) is 23.0. The molecule has 1 fully saturated rings. The van der Waals surface area contributed by atoms with Gasteiger partial charge in [0.05, 0.1) is 12.5 Å². The normalized spacial score (nSPS) is 22.4. The van der Waals surface area contributed by atoms with E-state index in [1.807, 2.05) is 25.2 Å². The van der Waals surface area contributed by atoms with E-state index in [9.17, 15) is 9.59 Å². The Morgan fingerprint density at radius 3 is 2.71 bits per heavy atom. The molecule has 0 unspecified atom stereocenters. The summed E-state index contributed by atoms with van der Waals surface area (Å²) in [6.45, 7) is 2.26. The predicted octanol–water partition coefficient (Wildman–Crippen LogP) is 2.58. The average molecular weight is 297 g/mol. The van der Waals surface area contributed by atoms with Crippen LogP contribution in [-0.2, 0) is 14.3 Å². The maximum atomic E-state index is 12.1. The third-order valence-electron chi connectivity index (χ3n) is 3.49. The van der Waals surface area contributed by atoms with Crippen LogP contribution in [0.2, 0.25) is 0 Å². The van der Waals surface area contributed by atoms with Crippen molar-refractivity contribution in [1.29, 1.82) is 0 Å². The molecule has 21 heavy (non-hydrogen) atoms. The van der Waals surface area contributed by atoms with Crippen LogP contribution in [0.25, 0.3) is 0 Å². The van der Waals surface area contributed by atoms with Crippen molar-refractivity contribution in [2.24, 2.45) is 11.8 Å². The molecule has 0 saturated heterocycles. The molecule has 118 valence electrons. The van der Waals surface area contributed by atoms with Gasteiger partial charge in [-0.15, -0.1) is 0 Å². The molecule has 2 atom stereocenters. The quantitative estimate of drug-likeness (QED) is 0.341. The largest absolute Gasteiger partial charge is 0.461 e. The summed E-state index contributed by atoms with van der Waals surface area (Å²) in [6, 6.07) is 0. The Kier molecular flexibility index (Phi) is 8.19. The molecule has 0 aliphatic heterocycles. The fourth-order valence-electron chi connectivity index (χ4n) is 2.41. The van der Waals surface area contributed by atoms with Gasteiger partial charge < -0.3 is 9.47 Å². The van der Waals surface area contributed by atoms with Crippen LogP contribution in [0.15, 0.2) is 24.3 Å². The Morgan fingerprint density at radius 2 is 2.00 bits per heavy atom. The van der Waals surface area contributed by atoms with E-state index in [1.165, 1.54) is 5.48 Å². The Labute approximate surface area is 124 Å². The summed E-state index contributed by atoms with van der Waals surface area (Å²) in [7, 11) is 0. The Morgan fingerprint density at radius 1 is 1.24 bits per heavy atom. The molecule has 6 nitrogen and oxygen atoms in total. The van der Waals surface area contributed by atoms with Crippen LogP contribution in [0.5, 0.6) is 0 Å². The minimum Gasteiger partial charge on any atom is -0.461 e. The Hall–Kier alpha value is -1.82. The second kappa shape index (κ2) is 9.99. The first-order chi connectivity index (χ1) is 10.2. The average Bonchev–Trinajstić information content (AvgIpc) is 2.52. The van der Waals surface area contributed by atoms with Gasteiger partial charge in [-0.05, 0) is 25.8 Å². The number of carbonyl (C=O) groups is 2. The van der Waals surface area contributed by atoms with Crippen LogP contribution in [0.3, 0.4) is 0 Å². The van der Waals surface area contributed by atoms with Crippen molar-refractivity contribution in [3.05, 3.63) is 24.3 Å². The van der Waals surface area contributed by atoms with Crippen molar-refractivity contribution >= 4 is 12.1 Å². The molecule has 6 heteroatoms. The van der Waals surface area contributed by atoms with Gasteiger partial charge in [-0.3, -0.25) is 10.0 Å². The van der Waals surface area contributed by atoms with Crippen molar-refractivity contribution in [2.45, 2.75) is 32.6 Å². The highest BCUT2D eigenvalue weighted by Gasteiger charge is 2.32. The molecule has 1 aliphatic rings. The SMILES string of the molecule is C/C=C/C=C/COC(=O)[C@@H]1CCCC[C@H]1COC(=O)NO. The molecule has 0 bridgehead atoms. The van der Waals surface area contributed by atoms with Gasteiger partial charge in [0.2, 0.25) is 0 Å². The van der Waals surface area contributed by atoms with Crippen LogP contribution in [-0.4, -0.2) is 30.5 Å². The zero-order valence-electron chi connectivity index (χ0n) is 12.3. The number of rotatable bonds is 6. The highest BCUT2D eigenvalue weighted by Crippen LogP contribution is 2.31. The Balaban J connectivity index is 2.43. The number of esters is 1. The van der Waals surface area contributed by atoms with Gasteiger partial charge in [0.1, 0.15) is 6.61 Å². The number of amides is 1. The van der Waals surface area contributed by atoms with E-state index >= 15 is 0 Å². The summed E-state index contributed by atoms with van der Waals surface area (Å²) >= 11 is 0. The zero-order chi connectivity index (χ0) is 15.5. The van der Waals surface area contributed by atoms with Crippen LogP contribution in [0.1, 0.15) is 32.6 Å². The summed E-state index contributed by atoms with van der Waals surface area (Å²) in [5.74, 6) is -0.554. The fraction of sp³-hybridized carbons (Fsp3) is 0.600. The zero-order valence-corrected chi connectivity index (χ0v) is 12.3. The number of ether oxygens (including phenoxy) is 2. The lowest BCUT2D eigenvalue weighted by Gasteiger charge is -2.29. The number of hydrogen-bond donors (Lipinski definition) is 2. The first kappa shape index (κ1) is 17.2. The lowest BCUT2D eigenvalue weighted by atomic mass is 9.80. The minimum absolute atomic E-state index is 0.0527. The summed E-state index contributed by atoms with van der Waals surface area (Å²) in [6.07, 6.45) is 9.96. The van der Waals surface area contributed by atoms with Gasteiger partial charge in [0.25, 0.3) is 0 Å². The van der Waals surface area contributed by atoms with Gasteiger partial charge >= 0.3 is 12.1 Å². The molecule has 1 amide bonds. The number of carbonyl (C=O) groups excluding carboxylic acids is 2. The fourth-order valence-corrected chi connectivity index (χ4v) is 2.41. The molecular weight excluding hydrogens is 274 g/mol. The van der Waals surface area contributed by atoms with E-state index in [0.717, 1.165) is 25.7 Å². The van der Waals surface area contributed by atoms with E-state index < -0.39 is 6.09 Å². The van der Waals surface area contributed by atoms with Gasteiger partial charge in [-0.2, -0.15) is 0 Å². The molecule has 0 spiro atoms. The van der Waals surface area contributed by atoms with Crippen LogP contribution >= 0.6 is 0 Å². The van der Waals surface area contributed by atoms with E-state index in [1.54, 1.807) is 6.08 Å². The highest BCUT2D eigenvalue weighted by atomic mass is 16.6.